The molecule has 0 amide bonds. The predicted molar refractivity (Wildman–Crippen MR) is 96.3 cm³/mol. The third kappa shape index (κ3) is 7.26. The zero-order valence-electron chi connectivity index (χ0n) is 15.2. The molecule has 130 valence electrons. The summed E-state index contributed by atoms with van der Waals surface area (Å²) in [4.78, 5) is 11.2. The predicted octanol–water partition coefficient (Wildman–Crippen LogP) is 4.08. The van der Waals surface area contributed by atoms with E-state index in [1.165, 1.54) is 5.56 Å². The van der Waals surface area contributed by atoms with Crippen molar-refractivity contribution in [3.63, 3.8) is 0 Å². The summed E-state index contributed by atoms with van der Waals surface area (Å²) in [6, 6.07) is 9.54. The number of benzene rings is 1. The lowest BCUT2D eigenvalue weighted by Crippen LogP contribution is -2.39. The molecule has 1 unspecified atom stereocenters. The highest BCUT2D eigenvalue weighted by Crippen LogP contribution is 2.28. The van der Waals surface area contributed by atoms with Crippen LogP contribution in [0.2, 0.25) is 0 Å². The smallest absolute Gasteiger partial charge is 0.334 e. The van der Waals surface area contributed by atoms with Crippen LogP contribution in [0.3, 0.4) is 0 Å². The minimum Gasteiger partial charge on any atom is -0.453 e. The van der Waals surface area contributed by atoms with Gasteiger partial charge >= 0.3 is 5.97 Å². The number of hydrogen-bond acceptors (Lipinski definition) is 4. The molecule has 0 spiro atoms. The fourth-order valence-corrected chi connectivity index (χ4v) is 1.92. The van der Waals surface area contributed by atoms with Crippen molar-refractivity contribution < 1.29 is 14.6 Å². The van der Waals surface area contributed by atoms with E-state index in [4.69, 9.17) is 15.1 Å². The zero-order valence-corrected chi connectivity index (χ0v) is 15.2. The minimum absolute atomic E-state index is 0.122. The molecule has 4 nitrogen and oxygen atoms in total. The molecule has 24 heavy (non-hydrogen) atoms. The van der Waals surface area contributed by atoms with Gasteiger partial charge in [-0.25, -0.2) is 4.79 Å². The maximum atomic E-state index is 11.2. The van der Waals surface area contributed by atoms with Gasteiger partial charge in [0, 0.05) is 12.0 Å². The monoisotopic (exact) mass is 329 g/mol. The van der Waals surface area contributed by atoms with E-state index >= 15 is 0 Å². The number of aliphatic hydroxyl groups excluding tert-OH is 1. The number of ether oxygens (including phenoxy) is 1. The summed E-state index contributed by atoms with van der Waals surface area (Å²) in [6.45, 7) is 12.5. The van der Waals surface area contributed by atoms with Crippen molar-refractivity contribution in [1.82, 2.24) is 0 Å². The van der Waals surface area contributed by atoms with Crippen LogP contribution >= 0.6 is 0 Å². The van der Waals surface area contributed by atoms with Gasteiger partial charge in [0.15, 0.2) is 0 Å². The Balaban J connectivity index is 0.000000390. The Morgan fingerprint density at radius 1 is 1.33 bits per heavy atom. The highest BCUT2D eigenvalue weighted by molar-refractivity contribution is 5.89. The maximum absolute atomic E-state index is 11.2. The van der Waals surface area contributed by atoms with Gasteiger partial charge in [-0.2, -0.15) is 5.26 Å². The topological polar surface area (TPSA) is 70.3 Å². The molecule has 0 aromatic heterocycles. The number of esters is 1. The van der Waals surface area contributed by atoms with E-state index in [1.54, 1.807) is 19.9 Å². The summed E-state index contributed by atoms with van der Waals surface area (Å²) >= 11 is 0. The van der Waals surface area contributed by atoms with Gasteiger partial charge in [-0.3, -0.25) is 0 Å². The number of hydrogen-bond donors (Lipinski definition) is 1. The average molecular weight is 329 g/mol. The molecule has 0 aliphatic carbocycles. The van der Waals surface area contributed by atoms with E-state index in [-0.39, 0.29) is 12.6 Å². The van der Waals surface area contributed by atoms with Crippen molar-refractivity contribution in [3.05, 3.63) is 59.2 Å². The number of allylic oxidation sites excluding steroid dienone is 1. The number of rotatable bonds is 1. The molecule has 1 aromatic rings. The van der Waals surface area contributed by atoms with Gasteiger partial charge in [-0.05, 0) is 46.8 Å². The highest BCUT2D eigenvalue weighted by atomic mass is 16.6. The van der Waals surface area contributed by atoms with Crippen LogP contribution in [0.25, 0.3) is 0 Å². The number of carbonyl (C=O) groups excluding carboxylic acids is 1. The zero-order chi connectivity index (χ0) is 18.8. The van der Waals surface area contributed by atoms with Gasteiger partial charge in [0.2, 0.25) is 0 Å². The Bertz CT molecular complexity index is 623. The SMILES string of the molecule is C=CC.CC1=C(C)C(=O)OC(C)(CO)C1.Cc1ccc(C#N)cc1. The summed E-state index contributed by atoms with van der Waals surface area (Å²) < 4.78 is 5.06. The number of nitriles is 1. The first-order chi connectivity index (χ1) is 11.2. The molecule has 1 N–H and O–H groups in total. The molecule has 4 heteroatoms. The second kappa shape index (κ2) is 10.4. The molecule has 1 heterocycles. The molecule has 0 saturated carbocycles. The van der Waals surface area contributed by atoms with Gasteiger partial charge in [0.1, 0.15) is 5.60 Å². The fourth-order valence-electron chi connectivity index (χ4n) is 1.92. The summed E-state index contributed by atoms with van der Waals surface area (Å²) in [5.41, 5.74) is 2.87. The van der Waals surface area contributed by atoms with Gasteiger partial charge in [0.05, 0.1) is 18.2 Å². The first-order valence-corrected chi connectivity index (χ1v) is 7.77. The van der Waals surface area contributed by atoms with Crippen LogP contribution in [-0.4, -0.2) is 23.3 Å². The first kappa shape index (κ1) is 21.6. The van der Waals surface area contributed by atoms with Gasteiger partial charge in [-0.15, -0.1) is 6.58 Å². The molecular formula is C20H27NO3. The average Bonchev–Trinajstić information content (AvgIpc) is 2.55. The maximum Gasteiger partial charge on any atom is 0.334 e. The van der Waals surface area contributed by atoms with Crippen LogP contribution in [0.4, 0.5) is 0 Å². The third-order valence-corrected chi connectivity index (χ3v) is 3.44. The molecule has 1 aliphatic rings. The first-order valence-electron chi connectivity index (χ1n) is 7.77. The van der Waals surface area contributed by atoms with Crippen LogP contribution in [0, 0.1) is 18.3 Å². The number of aryl methyl sites for hydroxylation is 1. The second-order valence-electron chi connectivity index (χ2n) is 5.97. The lowest BCUT2D eigenvalue weighted by molar-refractivity contribution is -0.159. The second-order valence-corrected chi connectivity index (χ2v) is 5.97. The van der Waals surface area contributed by atoms with Crippen molar-refractivity contribution in [1.29, 1.82) is 5.26 Å². The summed E-state index contributed by atoms with van der Waals surface area (Å²) in [6.07, 6.45) is 2.38. The quantitative estimate of drug-likeness (QED) is 0.622. The summed E-state index contributed by atoms with van der Waals surface area (Å²) in [7, 11) is 0. The molecule has 0 radical (unpaired) electrons. The van der Waals surface area contributed by atoms with Crippen LogP contribution in [0.5, 0.6) is 0 Å². The van der Waals surface area contributed by atoms with Gasteiger partial charge < -0.3 is 9.84 Å². The molecule has 2 rings (SSSR count). The number of aliphatic hydroxyl groups is 1. The van der Waals surface area contributed by atoms with E-state index in [1.807, 2.05) is 45.0 Å². The fraction of sp³-hybridized carbons (Fsp3) is 0.400. The van der Waals surface area contributed by atoms with Crippen molar-refractivity contribution in [2.45, 2.75) is 46.6 Å². The van der Waals surface area contributed by atoms with Crippen molar-refractivity contribution >= 4 is 5.97 Å². The minimum atomic E-state index is -0.708. The Kier molecular flexibility index (Phi) is 9.37. The van der Waals surface area contributed by atoms with Crippen molar-refractivity contribution in [2.24, 2.45) is 0 Å². The number of nitrogens with zero attached hydrogens (tertiary/aromatic N) is 1. The van der Waals surface area contributed by atoms with Gasteiger partial charge in [0.25, 0.3) is 0 Å². The molecular weight excluding hydrogens is 302 g/mol. The van der Waals surface area contributed by atoms with E-state index < -0.39 is 5.60 Å². The lowest BCUT2D eigenvalue weighted by atomic mass is 9.92. The van der Waals surface area contributed by atoms with Crippen LogP contribution in [0.1, 0.15) is 45.2 Å². The Morgan fingerprint density at radius 2 is 1.83 bits per heavy atom. The number of carbonyl (C=O) groups is 1. The van der Waals surface area contributed by atoms with Gasteiger partial charge in [-0.1, -0.05) is 29.3 Å². The number of cyclic esters (lactones) is 1. The molecule has 1 atom stereocenters. The van der Waals surface area contributed by atoms with Crippen molar-refractivity contribution in [2.75, 3.05) is 6.61 Å². The van der Waals surface area contributed by atoms with Crippen LogP contribution in [-0.2, 0) is 9.53 Å². The Labute approximate surface area is 145 Å². The van der Waals surface area contributed by atoms with Crippen LogP contribution < -0.4 is 0 Å². The molecule has 0 fully saturated rings. The van der Waals surface area contributed by atoms with Crippen LogP contribution in [0.15, 0.2) is 48.1 Å². The summed E-state index contributed by atoms with van der Waals surface area (Å²) in [5.74, 6) is -0.310. The molecule has 0 saturated heterocycles. The van der Waals surface area contributed by atoms with Crippen molar-refractivity contribution in [3.8, 4) is 6.07 Å². The highest BCUT2D eigenvalue weighted by Gasteiger charge is 2.34. The summed E-state index contributed by atoms with van der Waals surface area (Å²) in [5, 5.41) is 17.4. The van der Waals surface area contributed by atoms with E-state index in [0.717, 1.165) is 11.1 Å². The van der Waals surface area contributed by atoms with E-state index in [9.17, 15) is 4.79 Å². The molecule has 1 aliphatic heterocycles. The third-order valence-electron chi connectivity index (χ3n) is 3.44. The lowest BCUT2D eigenvalue weighted by Gasteiger charge is -2.32. The Hall–Kier alpha value is -2.38. The normalized spacial score (nSPS) is 19.0. The van der Waals surface area contributed by atoms with E-state index in [0.29, 0.717) is 12.0 Å². The molecule has 1 aromatic carbocycles. The largest absolute Gasteiger partial charge is 0.453 e. The molecule has 0 bridgehead atoms. The standard InChI is InChI=1S/C9H14O3.C8H7N.C3H6/c1-6-4-9(3,5-10)12-8(11)7(6)2;1-7-2-4-8(6-9)5-3-7;1-3-2/h10H,4-5H2,1-3H3;2-5H,1H3;3H,1H2,2H3. The Morgan fingerprint density at radius 3 is 2.21 bits per heavy atom. The van der Waals surface area contributed by atoms with E-state index in [2.05, 4.69) is 12.6 Å².